The molecule has 2 N–H and O–H groups in total. The van der Waals surface area contributed by atoms with E-state index in [0.29, 0.717) is 12.8 Å². The zero-order valence-corrected chi connectivity index (χ0v) is 14.7. The van der Waals surface area contributed by atoms with Gasteiger partial charge in [0.05, 0.1) is 5.70 Å². The molecule has 1 saturated heterocycles. The first-order valence-corrected chi connectivity index (χ1v) is 8.22. The van der Waals surface area contributed by atoms with E-state index in [1.165, 1.54) is 11.8 Å². The molecule has 1 aromatic rings. The number of hydrogen-bond acceptors (Lipinski definition) is 5. The zero-order valence-electron chi connectivity index (χ0n) is 14.7. The van der Waals surface area contributed by atoms with Gasteiger partial charge in [-0.25, -0.2) is 4.98 Å². The van der Waals surface area contributed by atoms with E-state index in [9.17, 15) is 22.8 Å². The van der Waals surface area contributed by atoms with E-state index in [4.69, 9.17) is 5.73 Å². The summed E-state index contributed by atoms with van der Waals surface area (Å²) >= 11 is 0. The number of ketones is 1. The van der Waals surface area contributed by atoms with Gasteiger partial charge in [-0.05, 0) is 18.9 Å². The van der Waals surface area contributed by atoms with Crippen molar-refractivity contribution in [2.75, 3.05) is 13.1 Å². The second kappa shape index (κ2) is 5.59. The Morgan fingerprint density at radius 3 is 2.62 bits per heavy atom. The lowest BCUT2D eigenvalue weighted by Gasteiger charge is -2.39. The van der Waals surface area contributed by atoms with Crippen LogP contribution in [0.15, 0.2) is 16.2 Å². The minimum atomic E-state index is -4.80. The minimum Gasteiger partial charge on any atom is -0.436 e. The molecule has 1 aliphatic heterocycles. The lowest BCUT2D eigenvalue weighted by molar-refractivity contribution is -0.153. The molecular weight excluding hydrogens is 351 g/mol. The first-order valence-electron chi connectivity index (χ1n) is 8.22. The van der Waals surface area contributed by atoms with Crippen LogP contribution in [-0.2, 0) is 11.0 Å². The van der Waals surface area contributed by atoms with Gasteiger partial charge in [-0.2, -0.15) is 13.2 Å². The van der Waals surface area contributed by atoms with E-state index in [-0.39, 0.29) is 30.5 Å². The number of carbonyl (C=O) groups is 2. The van der Waals surface area contributed by atoms with Crippen LogP contribution in [0.5, 0.6) is 0 Å². The van der Waals surface area contributed by atoms with Gasteiger partial charge in [0, 0.05) is 30.8 Å². The summed E-state index contributed by atoms with van der Waals surface area (Å²) in [5.41, 5.74) is 4.07. The monoisotopic (exact) mass is 371 g/mol. The number of halogens is 3. The number of nitrogens with two attached hydrogens (primary N) is 1. The van der Waals surface area contributed by atoms with Crippen LogP contribution in [0, 0.1) is 17.8 Å². The fraction of sp³-hybridized carbons (Fsp3) is 0.588. The van der Waals surface area contributed by atoms with Crippen LogP contribution < -0.4 is 5.73 Å². The van der Waals surface area contributed by atoms with Crippen LogP contribution in [-0.4, -0.2) is 34.7 Å². The van der Waals surface area contributed by atoms with E-state index < -0.39 is 34.4 Å². The highest BCUT2D eigenvalue weighted by molar-refractivity contribution is 6.00. The van der Waals surface area contributed by atoms with Gasteiger partial charge >= 0.3 is 6.18 Å². The SMILES string of the molecule is Cc1nc(C(=O)N2CC[C@]3(C=C(N)C(=O)C(C)(C)C3)C2)c(C(F)(F)F)o1. The third-order valence-corrected chi connectivity index (χ3v) is 5.00. The molecule has 1 amide bonds. The van der Waals surface area contributed by atoms with Crippen molar-refractivity contribution in [1.82, 2.24) is 9.88 Å². The predicted molar refractivity (Wildman–Crippen MR) is 84.9 cm³/mol. The average Bonchev–Trinajstić information content (AvgIpc) is 3.07. The highest BCUT2D eigenvalue weighted by atomic mass is 19.4. The van der Waals surface area contributed by atoms with Crippen LogP contribution in [0.4, 0.5) is 13.2 Å². The van der Waals surface area contributed by atoms with E-state index >= 15 is 0 Å². The molecule has 0 bridgehead atoms. The molecule has 0 saturated carbocycles. The lowest BCUT2D eigenvalue weighted by Crippen LogP contribution is -2.42. The number of hydrogen-bond donors (Lipinski definition) is 1. The van der Waals surface area contributed by atoms with Crippen molar-refractivity contribution in [1.29, 1.82) is 0 Å². The molecule has 142 valence electrons. The largest absolute Gasteiger partial charge is 0.452 e. The van der Waals surface area contributed by atoms with Gasteiger partial charge in [-0.1, -0.05) is 13.8 Å². The molecule has 1 aliphatic carbocycles. The van der Waals surface area contributed by atoms with Crippen molar-refractivity contribution < 1.29 is 27.2 Å². The summed E-state index contributed by atoms with van der Waals surface area (Å²) in [6.07, 6.45) is -2.14. The molecule has 1 spiro atoms. The van der Waals surface area contributed by atoms with Crippen molar-refractivity contribution in [2.24, 2.45) is 16.6 Å². The number of carbonyl (C=O) groups excluding carboxylic acids is 2. The smallest absolute Gasteiger partial charge is 0.436 e. The molecule has 1 atom stereocenters. The molecule has 0 unspecified atom stereocenters. The Balaban J connectivity index is 1.89. The molecule has 2 heterocycles. The maximum Gasteiger partial charge on any atom is 0.452 e. The van der Waals surface area contributed by atoms with Gasteiger partial charge < -0.3 is 15.1 Å². The number of amides is 1. The highest BCUT2D eigenvalue weighted by Gasteiger charge is 2.50. The number of nitrogens with zero attached hydrogens (tertiary/aromatic N) is 2. The van der Waals surface area contributed by atoms with E-state index in [2.05, 4.69) is 9.40 Å². The molecule has 1 aromatic heterocycles. The van der Waals surface area contributed by atoms with Crippen LogP contribution in [0.25, 0.3) is 0 Å². The molecule has 26 heavy (non-hydrogen) atoms. The highest BCUT2D eigenvalue weighted by Crippen LogP contribution is 2.47. The average molecular weight is 371 g/mol. The van der Waals surface area contributed by atoms with E-state index in [1.807, 2.05) is 0 Å². The summed E-state index contributed by atoms with van der Waals surface area (Å²) in [7, 11) is 0. The van der Waals surface area contributed by atoms with Crippen molar-refractivity contribution in [2.45, 2.75) is 39.8 Å². The Morgan fingerprint density at radius 2 is 2.04 bits per heavy atom. The van der Waals surface area contributed by atoms with Crippen molar-refractivity contribution >= 4 is 11.7 Å². The molecular formula is C17H20F3N3O3. The number of rotatable bonds is 1. The Hall–Kier alpha value is -2.32. The molecule has 3 rings (SSSR count). The van der Waals surface area contributed by atoms with E-state index in [1.54, 1.807) is 19.9 Å². The van der Waals surface area contributed by atoms with Crippen LogP contribution in [0.2, 0.25) is 0 Å². The van der Waals surface area contributed by atoms with Gasteiger partial charge in [-0.3, -0.25) is 9.59 Å². The number of oxazole rings is 1. The Morgan fingerprint density at radius 1 is 1.38 bits per heavy atom. The van der Waals surface area contributed by atoms with Crippen molar-refractivity contribution in [3.63, 3.8) is 0 Å². The summed E-state index contributed by atoms with van der Waals surface area (Å²) in [6, 6.07) is 0. The maximum atomic E-state index is 13.1. The first kappa shape index (κ1) is 18.5. The van der Waals surface area contributed by atoms with Crippen LogP contribution in [0.3, 0.4) is 0 Å². The van der Waals surface area contributed by atoms with Gasteiger partial charge in [-0.15, -0.1) is 0 Å². The number of aryl methyl sites for hydroxylation is 1. The summed E-state index contributed by atoms with van der Waals surface area (Å²) in [5, 5.41) is 0. The second-order valence-electron chi connectivity index (χ2n) is 7.74. The fourth-order valence-corrected chi connectivity index (χ4v) is 4.04. The summed E-state index contributed by atoms with van der Waals surface area (Å²) in [6.45, 7) is 5.27. The van der Waals surface area contributed by atoms with Gasteiger partial charge in [0.1, 0.15) is 0 Å². The number of Topliss-reactive ketones (excluding diaryl/α,β-unsaturated/α-hetero) is 1. The molecule has 1 fully saturated rings. The molecule has 6 nitrogen and oxygen atoms in total. The second-order valence-corrected chi connectivity index (χ2v) is 7.74. The first-order chi connectivity index (χ1) is 11.8. The normalized spacial score (nSPS) is 25.7. The quantitative estimate of drug-likeness (QED) is 0.820. The number of allylic oxidation sites excluding steroid dienone is 1. The fourth-order valence-electron chi connectivity index (χ4n) is 4.04. The topological polar surface area (TPSA) is 89.4 Å². The standard InChI is InChI=1S/C17H20F3N3O3/c1-9-22-11(13(26-9)17(18,19)20)14(25)23-5-4-16(8-23)6-10(21)12(24)15(2,3)7-16/h6H,4-5,7-8,21H2,1-3H3/t16-/m1/s1. The van der Waals surface area contributed by atoms with Crippen molar-refractivity contribution in [3.8, 4) is 0 Å². The molecule has 2 aliphatic rings. The minimum absolute atomic E-state index is 0.142. The predicted octanol–water partition coefficient (Wildman–Crippen LogP) is 2.68. The number of likely N-dealkylation sites (tertiary alicyclic amines) is 1. The maximum absolute atomic E-state index is 13.1. The van der Waals surface area contributed by atoms with E-state index in [0.717, 1.165) is 0 Å². The molecule has 9 heteroatoms. The zero-order chi connectivity index (χ0) is 19.5. The summed E-state index contributed by atoms with van der Waals surface area (Å²) in [4.78, 5) is 29.8. The van der Waals surface area contributed by atoms with Crippen LogP contribution >= 0.6 is 0 Å². The summed E-state index contributed by atoms with van der Waals surface area (Å²) < 4.78 is 43.9. The Kier molecular flexibility index (Phi) is 3.97. The third-order valence-electron chi connectivity index (χ3n) is 5.00. The van der Waals surface area contributed by atoms with Gasteiger partial charge in [0.25, 0.3) is 5.91 Å². The summed E-state index contributed by atoms with van der Waals surface area (Å²) in [5.74, 6) is -2.58. The number of aromatic nitrogens is 1. The van der Waals surface area contributed by atoms with Gasteiger partial charge in [0.2, 0.25) is 5.76 Å². The Labute approximate surface area is 148 Å². The Bertz CT molecular complexity index is 810. The lowest BCUT2D eigenvalue weighted by atomic mass is 9.65. The van der Waals surface area contributed by atoms with Crippen LogP contribution in [0.1, 0.15) is 48.8 Å². The third kappa shape index (κ3) is 2.99. The van der Waals surface area contributed by atoms with Gasteiger partial charge in [0.15, 0.2) is 17.4 Å². The molecule has 0 aromatic carbocycles. The van der Waals surface area contributed by atoms with Crippen molar-refractivity contribution in [3.05, 3.63) is 29.1 Å². The number of alkyl halides is 3. The molecule has 0 radical (unpaired) electrons.